The van der Waals surface area contributed by atoms with Crippen molar-refractivity contribution >= 4 is 15.7 Å². The van der Waals surface area contributed by atoms with Gasteiger partial charge in [0.05, 0.1) is 10.9 Å². The number of hydrogen-bond donors (Lipinski definition) is 3. The summed E-state index contributed by atoms with van der Waals surface area (Å²) >= 11 is 0. The largest absolute Gasteiger partial charge is 0.398 e. The predicted molar refractivity (Wildman–Crippen MR) is 80.2 cm³/mol. The summed E-state index contributed by atoms with van der Waals surface area (Å²) in [4.78, 5) is 4.17. The van der Waals surface area contributed by atoms with Crippen LogP contribution >= 0.6 is 0 Å². The number of nitrogens with one attached hydrogen (secondary N) is 2. The summed E-state index contributed by atoms with van der Waals surface area (Å²) < 4.78 is 27.8. The molecule has 1 aromatic carbocycles. The van der Waals surface area contributed by atoms with E-state index in [0.717, 1.165) is 5.56 Å². The highest BCUT2D eigenvalue weighted by molar-refractivity contribution is 7.89. The number of nitrogens with two attached hydrogens (primary N) is 1. The maximum Gasteiger partial charge on any atom is 0.241 e. The number of benzene rings is 1. The Morgan fingerprint density at radius 1 is 1.29 bits per heavy atom. The Morgan fingerprint density at radius 3 is 2.52 bits per heavy atom. The van der Waals surface area contributed by atoms with Gasteiger partial charge in [-0.25, -0.2) is 18.1 Å². The summed E-state index contributed by atoms with van der Waals surface area (Å²) in [5.74, 6) is 0.453. The van der Waals surface area contributed by atoms with Crippen LogP contribution in [0.5, 0.6) is 0 Å². The number of aromatic nitrogens is 3. The maximum atomic E-state index is 12.6. The molecule has 1 unspecified atom stereocenters. The minimum atomic E-state index is -3.70. The lowest BCUT2D eigenvalue weighted by atomic mass is 10.1. The van der Waals surface area contributed by atoms with Gasteiger partial charge in [0.1, 0.15) is 12.2 Å². The molecule has 4 N–H and O–H groups in total. The second kappa shape index (κ2) is 5.45. The Kier molecular flexibility index (Phi) is 4.02. The van der Waals surface area contributed by atoms with E-state index in [9.17, 15) is 8.42 Å². The van der Waals surface area contributed by atoms with E-state index in [1.165, 1.54) is 6.33 Å². The SMILES string of the molecule is Cc1cc(C)c(S(=O)(=O)NC(C)c2ncn[nH]2)c(C)c1N. The third-order valence-corrected chi connectivity index (χ3v) is 5.23. The van der Waals surface area contributed by atoms with Crippen molar-refractivity contribution in [2.75, 3.05) is 5.73 Å². The Balaban J connectivity index is 2.43. The Labute approximate surface area is 124 Å². The maximum absolute atomic E-state index is 12.6. The number of H-pyrrole nitrogens is 1. The van der Waals surface area contributed by atoms with Gasteiger partial charge in [0.15, 0.2) is 0 Å². The average Bonchev–Trinajstić information content (AvgIpc) is 2.89. The highest BCUT2D eigenvalue weighted by Gasteiger charge is 2.25. The van der Waals surface area contributed by atoms with Crippen molar-refractivity contribution in [2.24, 2.45) is 0 Å². The van der Waals surface area contributed by atoms with Crippen molar-refractivity contribution in [3.8, 4) is 0 Å². The van der Waals surface area contributed by atoms with E-state index >= 15 is 0 Å². The monoisotopic (exact) mass is 309 g/mol. The number of anilines is 1. The Bertz CT molecular complexity index is 753. The molecule has 7 nitrogen and oxygen atoms in total. The predicted octanol–water partition coefficient (Wildman–Crippen LogP) is 1.35. The van der Waals surface area contributed by atoms with Gasteiger partial charge in [-0.15, -0.1) is 0 Å². The summed E-state index contributed by atoms with van der Waals surface area (Å²) in [7, 11) is -3.70. The molecule has 2 aromatic rings. The first kappa shape index (κ1) is 15.5. The fraction of sp³-hybridized carbons (Fsp3) is 0.385. The zero-order chi connectivity index (χ0) is 15.8. The number of aromatic amines is 1. The van der Waals surface area contributed by atoms with Crippen molar-refractivity contribution in [2.45, 2.75) is 38.6 Å². The molecule has 1 heterocycles. The highest BCUT2D eigenvalue weighted by atomic mass is 32.2. The van der Waals surface area contributed by atoms with Crippen LogP contribution in [0.3, 0.4) is 0 Å². The van der Waals surface area contributed by atoms with E-state index in [0.29, 0.717) is 22.6 Å². The fourth-order valence-electron chi connectivity index (χ4n) is 2.37. The van der Waals surface area contributed by atoms with E-state index in [-0.39, 0.29) is 4.90 Å². The number of sulfonamides is 1. The first-order valence-corrected chi connectivity index (χ1v) is 7.96. The second-order valence-corrected chi connectivity index (χ2v) is 6.74. The average molecular weight is 309 g/mol. The van der Waals surface area contributed by atoms with Gasteiger partial charge in [0, 0.05) is 5.69 Å². The standard InChI is InChI=1S/C13H19N5O2S/c1-7-5-8(2)12(9(3)11(7)14)21(19,20)18-10(4)13-15-6-16-17-13/h5-6,10,18H,14H2,1-4H3,(H,15,16,17). The second-order valence-electron chi connectivity index (χ2n) is 5.09. The lowest BCUT2D eigenvalue weighted by molar-refractivity contribution is 0.559. The quantitative estimate of drug-likeness (QED) is 0.738. The van der Waals surface area contributed by atoms with Gasteiger partial charge in [0.2, 0.25) is 10.0 Å². The molecule has 0 amide bonds. The third kappa shape index (κ3) is 2.91. The summed E-state index contributed by atoms with van der Waals surface area (Å²) in [6.45, 7) is 7.02. The Morgan fingerprint density at radius 2 is 1.95 bits per heavy atom. The zero-order valence-electron chi connectivity index (χ0n) is 12.4. The topological polar surface area (TPSA) is 114 Å². The lowest BCUT2D eigenvalue weighted by Crippen LogP contribution is -2.29. The van der Waals surface area contributed by atoms with Crippen LogP contribution in [0, 0.1) is 20.8 Å². The van der Waals surface area contributed by atoms with E-state index in [1.54, 1.807) is 26.8 Å². The van der Waals surface area contributed by atoms with Gasteiger partial charge in [-0.05, 0) is 44.4 Å². The number of hydrogen-bond acceptors (Lipinski definition) is 5. The minimum Gasteiger partial charge on any atom is -0.398 e. The van der Waals surface area contributed by atoms with Gasteiger partial charge in [-0.3, -0.25) is 5.10 Å². The van der Waals surface area contributed by atoms with Crippen molar-refractivity contribution in [3.63, 3.8) is 0 Å². The summed E-state index contributed by atoms with van der Waals surface area (Å²) in [5.41, 5.74) is 8.54. The first-order valence-electron chi connectivity index (χ1n) is 6.48. The molecule has 0 saturated carbocycles. The van der Waals surface area contributed by atoms with Crippen molar-refractivity contribution in [1.82, 2.24) is 19.9 Å². The molecule has 8 heteroatoms. The van der Waals surface area contributed by atoms with Gasteiger partial charge in [-0.2, -0.15) is 5.10 Å². The summed E-state index contributed by atoms with van der Waals surface area (Å²) in [6, 6.07) is 1.26. The molecule has 0 saturated heterocycles. The molecular weight excluding hydrogens is 290 g/mol. The van der Waals surface area contributed by atoms with E-state index in [2.05, 4.69) is 19.9 Å². The van der Waals surface area contributed by atoms with Crippen molar-refractivity contribution in [1.29, 1.82) is 0 Å². The minimum absolute atomic E-state index is 0.219. The lowest BCUT2D eigenvalue weighted by Gasteiger charge is -2.17. The molecule has 2 rings (SSSR count). The molecule has 0 fully saturated rings. The summed E-state index contributed by atoms with van der Waals surface area (Å²) in [5, 5.41) is 6.36. The highest BCUT2D eigenvalue weighted by Crippen LogP contribution is 2.28. The fourth-order valence-corrected chi connectivity index (χ4v) is 4.06. The molecule has 0 spiro atoms. The Hall–Kier alpha value is -1.93. The molecule has 0 aliphatic rings. The van der Waals surface area contributed by atoms with Gasteiger partial charge >= 0.3 is 0 Å². The molecule has 114 valence electrons. The molecule has 0 aliphatic heterocycles. The van der Waals surface area contributed by atoms with Crippen molar-refractivity contribution in [3.05, 3.63) is 34.9 Å². The van der Waals surface area contributed by atoms with Gasteiger partial charge < -0.3 is 5.73 Å². The van der Waals surface area contributed by atoms with E-state index in [1.807, 2.05) is 6.92 Å². The van der Waals surface area contributed by atoms with Crippen LogP contribution < -0.4 is 10.5 Å². The molecule has 0 aliphatic carbocycles. The normalized spacial score (nSPS) is 13.3. The van der Waals surface area contributed by atoms with E-state index < -0.39 is 16.1 Å². The molecule has 21 heavy (non-hydrogen) atoms. The van der Waals surface area contributed by atoms with Crippen LogP contribution in [0.15, 0.2) is 17.3 Å². The van der Waals surface area contributed by atoms with Gasteiger partial charge in [-0.1, -0.05) is 6.07 Å². The first-order chi connectivity index (χ1) is 9.74. The van der Waals surface area contributed by atoms with Crippen LogP contribution in [0.2, 0.25) is 0 Å². The number of rotatable bonds is 4. The zero-order valence-corrected chi connectivity index (χ0v) is 13.2. The van der Waals surface area contributed by atoms with Crippen LogP contribution in [-0.4, -0.2) is 23.6 Å². The molecular formula is C13H19N5O2S. The van der Waals surface area contributed by atoms with Crippen molar-refractivity contribution < 1.29 is 8.42 Å². The smallest absolute Gasteiger partial charge is 0.241 e. The molecule has 0 radical (unpaired) electrons. The van der Waals surface area contributed by atoms with E-state index in [4.69, 9.17) is 5.73 Å². The van der Waals surface area contributed by atoms with Crippen LogP contribution in [0.4, 0.5) is 5.69 Å². The molecule has 0 bridgehead atoms. The van der Waals surface area contributed by atoms with Crippen LogP contribution in [0.25, 0.3) is 0 Å². The molecule has 1 atom stereocenters. The van der Waals surface area contributed by atoms with Gasteiger partial charge in [0.25, 0.3) is 0 Å². The summed E-state index contributed by atoms with van der Waals surface area (Å²) in [6.07, 6.45) is 1.33. The number of nitrogen functional groups attached to an aromatic ring is 1. The third-order valence-electron chi connectivity index (χ3n) is 3.41. The number of aryl methyl sites for hydroxylation is 2. The molecule has 1 aromatic heterocycles. The van der Waals surface area contributed by atoms with Crippen LogP contribution in [0.1, 0.15) is 35.5 Å². The number of nitrogens with zero attached hydrogens (tertiary/aromatic N) is 2. The van der Waals surface area contributed by atoms with Crippen LogP contribution in [-0.2, 0) is 10.0 Å².